The number of carboxylic acids is 1. The molecule has 0 aliphatic rings. The van der Waals surface area contributed by atoms with Crippen LogP contribution >= 0.6 is 0 Å². The van der Waals surface area contributed by atoms with Gasteiger partial charge in [0.15, 0.2) is 0 Å². The molecule has 2 nitrogen and oxygen atoms in total. The van der Waals surface area contributed by atoms with Gasteiger partial charge >= 0.3 is 5.97 Å². The van der Waals surface area contributed by atoms with E-state index in [0.29, 0.717) is 16.7 Å². The van der Waals surface area contributed by atoms with Gasteiger partial charge in [-0.3, -0.25) is 0 Å². The normalized spacial score (nSPS) is 10.5. The predicted octanol–water partition coefficient (Wildman–Crippen LogP) is 4.12. The zero-order valence-electron chi connectivity index (χ0n) is 11.1. The maximum Gasteiger partial charge on any atom is 0.336 e. The molecule has 2 rings (SSSR count). The van der Waals surface area contributed by atoms with E-state index >= 15 is 0 Å². The fraction of sp³-hybridized carbons (Fsp3) is 0.188. The Morgan fingerprint density at radius 1 is 1.05 bits per heavy atom. The van der Waals surface area contributed by atoms with Crippen LogP contribution in [0.1, 0.15) is 27.0 Å². The standard InChI is InChI=1S/C16H15FO2/c1-9-6-11(3)15(16(18)19)13(7-9)12-4-5-14(17)10(2)8-12/h4-8H,1-3H3,(H,18,19). The average Bonchev–Trinajstić information content (AvgIpc) is 2.31. The van der Waals surface area contributed by atoms with Crippen LogP contribution in [0.4, 0.5) is 4.39 Å². The van der Waals surface area contributed by atoms with Gasteiger partial charge in [0.2, 0.25) is 0 Å². The fourth-order valence-corrected chi connectivity index (χ4v) is 2.29. The second-order valence-corrected chi connectivity index (χ2v) is 4.77. The van der Waals surface area contributed by atoms with Crippen LogP contribution in [0.5, 0.6) is 0 Å². The molecule has 0 aliphatic heterocycles. The summed E-state index contributed by atoms with van der Waals surface area (Å²) in [5.41, 5.74) is 3.84. The van der Waals surface area contributed by atoms with Crippen molar-refractivity contribution in [2.45, 2.75) is 20.8 Å². The van der Waals surface area contributed by atoms with Gasteiger partial charge in [0, 0.05) is 0 Å². The zero-order chi connectivity index (χ0) is 14.2. The molecule has 0 spiro atoms. The molecule has 2 aromatic rings. The number of carboxylic acid groups (broad SMARTS) is 1. The quantitative estimate of drug-likeness (QED) is 0.879. The Morgan fingerprint density at radius 3 is 2.32 bits per heavy atom. The summed E-state index contributed by atoms with van der Waals surface area (Å²) in [6.07, 6.45) is 0. The van der Waals surface area contributed by atoms with E-state index in [1.807, 2.05) is 19.1 Å². The number of aromatic carboxylic acids is 1. The summed E-state index contributed by atoms with van der Waals surface area (Å²) < 4.78 is 13.3. The van der Waals surface area contributed by atoms with Gasteiger partial charge in [0.05, 0.1) is 5.56 Å². The van der Waals surface area contributed by atoms with Crippen molar-refractivity contribution in [3.05, 3.63) is 58.4 Å². The second kappa shape index (κ2) is 4.84. The molecule has 0 saturated heterocycles. The first-order valence-corrected chi connectivity index (χ1v) is 6.01. The van der Waals surface area contributed by atoms with Crippen LogP contribution in [0.3, 0.4) is 0 Å². The molecule has 1 N–H and O–H groups in total. The molecular weight excluding hydrogens is 243 g/mol. The van der Waals surface area contributed by atoms with Gasteiger partial charge < -0.3 is 5.11 Å². The van der Waals surface area contributed by atoms with E-state index in [-0.39, 0.29) is 11.4 Å². The molecule has 0 saturated carbocycles. The number of aryl methyl sites for hydroxylation is 3. The van der Waals surface area contributed by atoms with Crippen LogP contribution in [0.2, 0.25) is 0 Å². The molecule has 0 amide bonds. The van der Waals surface area contributed by atoms with E-state index in [1.165, 1.54) is 6.07 Å². The van der Waals surface area contributed by atoms with E-state index in [1.54, 1.807) is 26.0 Å². The third-order valence-corrected chi connectivity index (χ3v) is 3.16. The third-order valence-electron chi connectivity index (χ3n) is 3.16. The van der Waals surface area contributed by atoms with E-state index in [2.05, 4.69) is 0 Å². The lowest BCUT2D eigenvalue weighted by Gasteiger charge is -2.12. The first-order valence-electron chi connectivity index (χ1n) is 6.01. The Kier molecular flexibility index (Phi) is 3.38. The van der Waals surface area contributed by atoms with Crippen molar-refractivity contribution in [2.75, 3.05) is 0 Å². The highest BCUT2D eigenvalue weighted by Crippen LogP contribution is 2.29. The molecule has 19 heavy (non-hydrogen) atoms. The Labute approximate surface area is 111 Å². The van der Waals surface area contributed by atoms with Crippen LogP contribution in [0, 0.1) is 26.6 Å². The van der Waals surface area contributed by atoms with Crippen molar-refractivity contribution in [1.82, 2.24) is 0 Å². The topological polar surface area (TPSA) is 37.3 Å². The molecule has 0 aliphatic carbocycles. The second-order valence-electron chi connectivity index (χ2n) is 4.77. The maximum atomic E-state index is 13.3. The minimum atomic E-state index is -0.963. The predicted molar refractivity (Wildman–Crippen MR) is 73.0 cm³/mol. The van der Waals surface area contributed by atoms with Crippen molar-refractivity contribution < 1.29 is 14.3 Å². The molecule has 0 fully saturated rings. The maximum absolute atomic E-state index is 13.3. The summed E-state index contributed by atoms with van der Waals surface area (Å²) in [6, 6.07) is 8.32. The van der Waals surface area contributed by atoms with Crippen LogP contribution in [-0.2, 0) is 0 Å². The molecule has 0 unspecified atom stereocenters. The summed E-state index contributed by atoms with van der Waals surface area (Å²) >= 11 is 0. The van der Waals surface area contributed by atoms with Gasteiger partial charge in [-0.05, 0) is 55.2 Å². The lowest BCUT2D eigenvalue weighted by atomic mass is 9.93. The van der Waals surface area contributed by atoms with Gasteiger partial charge in [0.25, 0.3) is 0 Å². The van der Waals surface area contributed by atoms with Crippen LogP contribution in [0.25, 0.3) is 11.1 Å². The minimum Gasteiger partial charge on any atom is -0.478 e. The SMILES string of the molecule is Cc1cc(C)c(C(=O)O)c(-c2ccc(F)c(C)c2)c1. The first-order chi connectivity index (χ1) is 8.90. The molecule has 0 aromatic heterocycles. The van der Waals surface area contributed by atoms with Crippen LogP contribution < -0.4 is 0 Å². The van der Waals surface area contributed by atoms with Crippen molar-refractivity contribution in [3.8, 4) is 11.1 Å². The highest BCUT2D eigenvalue weighted by atomic mass is 19.1. The summed E-state index contributed by atoms with van der Waals surface area (Å²) in [4.78, 5) is 11.4. The van der Waals surface area contributed by atoms with Crippen molar-refractivity contribution in [2.24, 2.45) is 0 Å². The van der Waals surface area contributed by atoms with Crippen molar-refractivity contribution in [3.63, 3.8) is 0 Å². The highest BCUT2D eigenvalue weighted by molar-refractivity contribution is 5.97. The number of carbonyl (C=O) groups is 1. The van der Waals surface area contributed by atoms with Gasteiger partial charge in [-0.1, -0.05) is 23.8 Å². The molecule has 3 heteroatoms. The average molecular weight is 258 g/mol. The molecule has 0 bridgehead atoms. The number of halogens is 1. The molecule has 2 aromatic carbocycles. The Balaban J connectivity index is 2.73. The molecular formula is C16H15FO2. The molecule has 0 heterocycles. The molecule has 98 valence electrons. The lowest BCUT2D eigenvalue weighted by Crippen LogP contribution is -2.03. The van der Waals surface area contributed by atoms with E-state index in [9.17, 15) is 14.3 Å². The molecule has 0 radical (unpaired) electrons. The van der Waals surface area contributed by atoms with Crippen LogP contribution in [0.15, 0.2) is 30.3 Å². The third kappa shape index (κ3) is 2.50. The van der Waals surface area contributed by atoms with E-state index in [4.69, 9.17) is 0 Å². The first kappa shape index (κ1) is 13.3. The zero-order valence-corrected chi connectivity index (χ0v) is 11.1. The summed E-state index contributed by atoms with van der Waals surface area (Å²) in [7, 11) is 0. The number of hydrogen-bond acceptors (Lipinski definition) is 1. The number of rotatable bonds is 2. The summed E-state index contributed by atoms with van der Waals surface area (Å²) in [5, 5.41) is 9.35. The fourth-order valence-electron chi connectivity index (χ4n) is 2.29. The largest absolute Gasteiger partial charge is 0.478 e. The summed E-state index contributed by atoms with van der Waals surface area (Å²) in [6.45, 7) is 5.36. The smallest absolute Gasteiger partial charge is 0.336 e. The Morgan fingerprint density at radius 2 is 1.74 bits per heavy atom. The van der Waals surface area contributed by atoms with Crippen molar-refractivity contribution >= 4 is 5.97 Å². The minimum absolute atomic E-state index is 0.275. The van der Waals surface area contributed by atoms with Gasteiger partial charge in [0.1, 0.15) is 5.82 Å². The van der Waals surface area contributed by atoms with E-state index in [0.717, 1.165) is 11.1 Å². The van der Waals surface area contributed by atoms with Gasteiger partial charge in [-0.15, -0.1) is 0 Å². The van der Waals surface area contributed by atoms with Gasteiger partial charge in [-0.2, -0.15) is 0 Å². The van der Waals surface area contributed by atoms with Crippen LogP contribution in [-0.4, -0.2) is 11.1 Å². The highest BCUT2D eigenvalue weighted by Gasteiger charge is 2.16. The van der Waals surface area contributed by atoms with E-state index < -0.39 is 5.97 Å². The lowest BCUT2D eigenvalue weighted by molar-refractivity contribution is 0.0697. The van der Waals surface area contributed by atoms with Gasteiger partial charge in [-0.25, -0.2) is 9.18 Å². The molecule has 0 atom stereocenters. The monoisotopic (exact) mass is 258 g/mol. The summed E-state index contributed by atoms with van der Waals surface area (Å²) in [5.74, 6) is -1.25. The number of hydrogen-bond donors (Lipinski definition) is 1. The van der Waals surface area contributed by atoms with Crippen molar-refractivity contribution in [1.29, 1.82) is 0 Å². The Bertz CT molecular complexity index is 660. The number of benzene rings is 2. The Hall–Kier alpha value is -2.16.